The third-order valence-electron chi connectivity index (χ3n) is 9.99. The number of methoxy groups -OCH3 is 1. The van der Waals surface area contributed by atoms with Crippen LogP contribution in [0, 0.1) is 17.8 Å². The second-order valence-electron chi connectivity index (χ2n) is 13.1. The van der Waals surface area contributed by atoms with E-state index in [1.807, 2.05) is 25.1 Å². The minimum Gasteiger partial charge on any atom is -0.490 e. The first-order valence-corrected chi connectivity index (χ1v) is 18.0. The van der Waals surface area contributed by atoms with E-state index in [1.54, 1.807) is 13.2 Å². The van der Waals surface area contributed by atoms with Gasteiger partial charge in [-0.25, -0.2) is 9.00 Å². The molecule has 6 atom stereocenters. The van der Waals surface area contributed by atoms with E-state index in [1.165, 1.54) is 18.2 Å². The number of hydrogen-bond donors (Lipinski definition) is 2. The fourth-order valence-electron chi connectivity index (χ4n) is 7.56. The number of allylic oxidation sites excluding steroid dienone is 1. The molecule has 45 heavy (non-hydrogen) atoms. The molecule has 2 aliphatic carbocycles. The van der Waals surface area contributed by atoms with E-state index in [0.717, 1.165) is 55.9 Å². The molecule has 1 spiro atoms. The lowest BCUT2D eigenvalue weighted by Gasteiger charge is -2.46. The van der Waals surface area contributed by atoms with Gasteiger partial charge in [0, 0.05) is 43.2 Å². The molecule has 0 saturated heterocycles. The number of rotatable bonds is 2. The number of carbonyl (C=O) groups is 2. The number of nitrogens with one attached hydrogen (secondary N) is 2. The maximum absolute atomic E-state index is 14.0. The Bertz CT molecular complexity index is 1620. The molecule has 242 valence electrons. The largest absolute Gasteiger partial charge is 0.490 e. The molecular formula is C34H43ClN4O5S. The Labute approximate surface area is 271 Å². The minimum atomic E-state index is -3.41. The van der Waals surface area contributed by atoms with Gasteiger partial charge in [0.1, 0.15) is 15.7 Å². The van der Waals surface area contributed by atoms with Gasteiger partial charge in [0.05, 0.1) is 24.2 Å². The number of anilines is 1. The monoisotopic (exact) mass is 654 g/mol. The van der Waals surface area contributed by atoms with Gasteiger partial charge in [0.2, 0.25) is 0 Å². The van der Waals surface area contributed by atoms with Crippen molar-refractivity contribution in [2.45, 2.75) is 57.0 Å². The molecule has 6 rings (SSSR count). The van der Waals surface area contributed by atoms with Gasteiger partial charge in [-0.2, -0.15) is 0 Å². The lowest BCUT2D eigenvalue weighted by molar-refractivity contribution is 0.0131. The Morgan fingerprint density at radius 2 is 2.07 bits per heavy atom. The number of benzene rings is 2. The van der Waals surface area contributed by atoms with E-state index in [4.69, 9.17) is 21.1 Å². The summed E-state index contributed by atoms with van der Waals surface area (Å²) in [5.74, 6) is 0.765. The molecule has 9 nitrogen and oxygen atoms in total. The number of aryl methyl sites for hydroxylation is 1. The number of amides is 3. The van der Waals surface area contributed by atoms with Crippen molar-refractivity contribution in [1.29, 1.82) is 0 Å². The van der Waals surface area contributed by atoms with Crippen LogP contribution in [0.2, 0.25) is 5.02 Å². The molecule has 0 aromatic heterocycles. The van der Waals surface area contributed by atoms with E-state index in [9.17, 15) is 13.8 Å². The second kappa shape index (κ2) is 13.0. The highest BCUT2D eigenvalue weighted by Crippen LogP contribution is 2.47. The van der Waals surface area contributed by atoms with Crippen molar-refractivity contribution >= 4 is 39.1 Å². The third-order valence-corrected chi connectivity index (χ3v) is 12.2. The van der Waals surface area contributed by atoms with Crippen molar-refractivity contribution in [1.82, 2.24) is 10.0 Å². The van der Waals surface area contributed by atoms with Crippen molar-refractivity contribution in [2.75, 3.05) is 44.5 Å². The summed E-state index contributed by atoms with van der Waals surface area (Å²) in [6, 6.07) is 10.9. The lowest BCUT2D eigenvalue weighted by atomic mass is 9.68. The number of ether oxygens (including phenoxy) is 2. The van der Waals surface area contributed by atoms with Crippen molar-refractivity contribution in [3.8, 4) is 5.75 Å². The number of urea groups is 1. The molecule has 1 saturated carbocycles. The summed E-state index contributed by atoms with van der Waals surface area (Å²) in [4.78, 5) is 28.3. The first kappa shape index (κ1) is 31.9. The van der Waals surface area contributed by atoms with Crippen LogP contribution in [0.5, 0.6) is 5.75 Å². The summed E-state index contributed by atoms with van der Waals surface area (Å²) in [6.45, 7) is 3.98. The summed E-state index contributed by atoms with van der Waals surface area (Å²) in [5, 5.41) is 3.18. The van der Waals surface area contributed by atoms with Crippen LogP contribution in [0.4, 0.5) is 10.5 Å². The van der Waals surface area contributed by atoms with Gasteiger partial charge in [0.25, 0.3) is 5.91 Å². The molecule has 2 aromatic carbocycles. The van der Waals surface area contributed by atoms with Crippen LogP contribution in [0.15, 0.2) is 52.9 Å². The lowest BCUT2D eigenvalue weighted by Crippen LogP contribution is -2.49. The Morgan fingerprint density at radius 1 is 1.22 bits per heavy atom. The third kappa shape index (κ3) is 6.60. The first-order chi connectivity index (χ1) is 21.6. The zero-order valence-electron chi connectivity index (χ0n) is 26.2. The van der Waals surface area contributed by atoms with Crippen molar-refractivity contribution in [2.24, 2.45) is 22.1 Å². The molecule has 3 amide bonds. The fraction of sp³-hybridized carbons (Fsp3) is 0.529. The van der Waals surface area contributed by atoms with Crippen LogP contribution in [-0.4, -0.2) is 61.9 Å². The van der Waals surface area contributed by atoms with Gasteiger partial charge in [0.15, 0.2) is 0 Å². The average molecular weight is 655 g/mol. The van der Waals surface area contributed by atoms with Crippen LogP contribution in [-0.2, 0) is 26.5 Å². The molecule has 2 N–H and O–H groups in total. The fourth-order valence-corrected chi connectivity index (χ4v) is 9.63. The smallest absolute Gasteiger partial charge is 0.326 e. The predicted molar refractivity (Wildman–Crippen MR) is 178 cm³/mol. The first-order valence-electron chi connectivity index (χ1n) is 15.9. The molecule has 4 aliphatic rings. The Hall–Kier alpha value is -3.08. The van der Waals surface area contributed by atoms with E-state index in [0.29, 0.717) is 36.2 Å². The van der Waals surface area contributed by atoms with Crippen LogP contribution < -0.4 is 19.7 Å². The number of halogens is 1. The highest BCUT2D eigenvalue weighted by atomic mass is 35.5. The van der Waals surface area contributed by atoms with E-state index >= 15 is 0 Å². The summed E-state index contributed by atoms with van der Waals surface area (Å²) in [5.41, 5.74) is 3.44. The van der Waals surface area contributed by atoms with Crippen molar-refractivity contribution < 1.29 is 23.3 Å². The highest BCUT2D eigenvalue weighted by Gasteiger charge is 2.44. The van der Waals surface area contributed by atoms with Crippen LogP contribution in [0.25, 0.3) is 0 Å². The molecule has 2 aliphatic heterocycles. The van der Waals surface area contributed by atoms with E-state index in [-0.39, 0.29) is 23.2 Å². The average Bonchev–Trinajstić information content (AvgIpc) is 3.14. The molecule has 2 bridgehead atoms. The van der Waals surface area contributed by atoms with Gasteiger partial charge >= 0.3 is 6.03 Å². The molecular weight excluding hydrogens is 612 g/mol. The minimum absolute atomic E-state index is 0.0341. The molecule has 1 fully saturated rings. The Balaban J connectivity index is 1.45. The number of carbonyl (C=O) groups excluding carboxylic acids is 2. The Morgan fingerprint density at radius 3 is 2.82 bits per heavy atom. The van der Waals surface area contributed by atoms with E-state index in [2.05, 4.69) is 43.6 Å². The maximum Gasteiger partial charge on any atom is 0.326 e. The van der Waals surface area contributed by atoms with Gasteiger partial charge in [-0.1, -0.05) is 36.7 Å². The maximum atomic E-state index is 14.0. The van der Waals surface area contributed by atoms with Gasteiger partial charge in [-0.05, 0) is 97.7 Å². The topological polar surface area (TPSA) is 109 Å². The number of hydrogen-bond acceptors (Lipinski definition) is 6. The molecule has 1 unspecified atom stereocenters. The van der Waals surface area contributed by atoms with Gasteiger partial charge in [-0.3, -0.25) is 9.52 Å². The molecule has 0 radical (unpaired) electrons. The summed E-state index contributed by atoms with van der Waals surface area (Å²) in [7, 11) is -0.213. The number of nitrogens with zero attached hydrogens (tertiary/aromatic N) is 2. The van der Waals surface area contributed by atoms with Crippen LogP contribution >= 0.6 is 11.6 Å². The van der Waals surface area contributed by atoms with Crippen LogP contribution in [0.1, 0.15) is 60.5 Å². The van der Waals surface area contributed by atoms with Crippen molar-refractivity contribution in [3.63, 3.8) is 0 Å². The van der Waals surface area contributed by atoms with Gasteiger partial charge in [-0.15, -0.1) is 4.36 Å². The second-order valence-corrected chi connectivity index (χ2v) is 15.6. The SMILES string of the molecule is CNC(=O)NS1(=O)=NC(=O)c2ccc3c(c2)N(C[C@@H]2CC[C@H]2[C@@H](OC)/C=C/C[C@H](C)C1)C[C@@]1(CCCc2cc(Cl)ccc21)CO3. The summed E-state index contributed by atoms with van der Waals surface area (Å²) in [6.07, 6.45) is 9.95. The number of fused-ring (bicyclic) bond motifs is 4. The molecule has 2 aromatic rings. The van der Waals surface area contributed by atoms with Gasteiger partial charge < -0.3 is 19.7 Å². The van der Waals surface area contributed by atoms with Crippen molar-refractivity contribution in [3.05, 3.63) is 70.3 Å². The highest BCUT2D eigenvalue weighted by molar-refractivity contribution is 7.92. The zero-order chi connectivity index (χ0) is 31.8. The summed E-state index contributed by atoms with van der Waals surface area (Å²) < 4.78 is 33.2. The zero-order valence-corrected chi connectivity index (χ0v) is 27.8. The predicted octanol–water partition coefficient (Wildman–Crippen LogP) is 5.90. The molecule has 11 heteroatoms. The summed E-state index contributed by atoms with van der Waals surface area (Å²) >= 11 is 6.42. The van der Waals surface area contributed by atoms with E-state index < -0.39 is 21.9 Å². The normalized spacial score (nSPS) is 32.1. The molecule has 2 heterocycles. The van der Waals surface area contributed by atoms with Crippen LogP contribution in [0.3, 0.4) is 0 Å². The Kier molecular flexibility index (Phi) is 9.19. The quantitative estimate of drug-likeness (QED) is 0.390. The standard InChI is InChI=1S/C34H43ClN4O5S/c1-22-6-4-8-30(43-3)27-12-9-25(27)18-39-20-34(15-5-7-23-16-26(35)11-13-28(23)34)21-44-31-14-10-24(17-29(31)39)32(40)37-45(42,19-22)38-33(41)36-2/h4,8,10-11,13-14,16-17,22,25,27,30H,5-7,9,12,15,18-21H2,1-3H3,(H2,36,37,38,40,41,42)/b8-4+/t22-,25-,27+,30-,34-,45?/m0/s1.